The van der Waals surface area contributed by atoms with Crippen LogP contribution in [-0.2, 0) is 6.42 Å². The number of nitrogens with two attached hydrogens (primary N) is 1. The fourth-order valence-corrected chi connectivity index (χ4v) is 2.54. The summed E-state index contributed by atoms with van der Waals surface area (Å²) >= 11 is 0. The van der Waals surface area contributed by atoms with Gasteiger partial charge < -0.3 is 5.73 Å². The smallest absolute Gasteiger partial charge is 0.161 e. The summed E-state index contributed by atoms with van der Waals surface area (Å²) in [6, 6.07) is 12.1. The molecule has 1 aliphatic carbocycles. The average Bonchev–Trinajstić information content (AvgIpc) is 2.69. The number of benzene rings is 2. The lowest BCUT2D eigenvalue weighted by atomic mass is 9.99. The van der Waals surface area contributed by atoms with Gasteiger partial charge >= 0.3 is 0 Å². The third-order valence-corrected chi connectivity index (χ3v) is 3.41. The molecule has 0 unspecified atom stereocenters. The van der Waals surface area contributed by atoms with E-state index in [-0.39, 0.29) is 5.78 Å². The molecule has 0 saturated heterocycles. The zero-order valence-corrected chi connectivity index (χ0v) is 9.66. The van der Waals surface area contributed by atoms with E-state index in [9.17, 15) is 4.79 Å². The summed E-state index contributed by atoms with van der Waals surface area (Å²) in [6.07, 6.45) is 0.832. The maximum absolute atomic E-state index is 11.5. The molecule has 1 aliphatic rings. The predicted octanol–water partition coefficient (Wildman–Crippen LogP) is 3.04. The Morgan fingerprint density at radius 3 is 2.65 bits per heavy atom. The molecule has 2 heteroatoms. The molecule has 0 aromatic heterocycles. The highest BCUT2D eigenvalue weighted by Gasteiger charge is 2.22. The third-order valence-electron chi connectivity index (χ3n) is 3.41. The van der Waals surface area contributed by atoms with Crippen LogP contribution in [0.25, 0.3) is 11.1 Å². The number of Topliss-reactive ketones (excluding diaryl/α,β-unsaturated/α-hetero) is 1. The first-order valence-electron chi connectivity index (χ1n) is 5.69. The number of fused-ring (bicyclic) bond motifs is 3. The van der Waals surface area contributed by atoms with Crippen LogP contribution in [0.3, 0.4) is 0 Å². The Labute approximate surface area is 100 Å². The first kappa shape index (κ1) is 10.1. The summed E-state index contributed by atoms with van der Waals surface area (Å²) in [4.78, 5) is 11.5. The van der Waals surface area contributed by atoms with Crippen LogP contribution in [0.2, 0.25) is 0 Å². The van der Waals surface area contributed by atoms with E-state index in [1.807, 2.05) is 24.3 Å². The molecule has 17 heavy (non-hydrogen) atoms. The zero-order chi connectivity index (χ0) is 12.0. The molecule has 0 amide bonds. The Bertz CT molecular complexity index is 629. The number of ketones is 1. The highest BCUT2D eigenvalue weighted by Crippen LogP contribution is 2.40. The maximum atomic E-state index is 11.5. The molecule has 0 radical (unpaired) electrons. The topological polar surface area (TPSA) is 43.1 Å². The normalized spacial score (nSPS) is 12.1. The highest BCUT2D eigenvalue weighted by molar-refractivity contribution is 6.01. The lowest BCUT2D eigenvalue weighted by Gasteiger charge is -2.08. The fraction of sp³-hybridized carbons (Fsp3) is 0.133. The van der Waals surface area contributed by atoms with Crippen LogP contribution in [0.1, 0.15) is 28.4 Å². The summed E-state index contributed by atoms with van der Waals surface area (Å²) in [5.74, 6) is 0.0289. The van der Waals surface area contributed by atoms with E-state index in [0.717, 1.165) is 12.0 Å². The van der Waals surface area contributed by atoms with Crippen molar-refractivity contribution in [3.8, 4) is 11.1 Å². The van der Waals surface area contributed by atoms with E-state index in [0.29, 0.717) is 11.3 Å². The van der Waals surface area contributed by atoms with Crippen LogP contribution in [-0.4, -0.2) is 5.78 Å². The second-order valence-corrected chi connectivity index (χ2v) is 4.44. The standard InChI is InChI=1S/C15H13NO/c1-9(17)11-6-7-13-12-5-3-2-4-10(12)8-14(13)15(11)16/h2-7H,8,16H2,1H3. The first-order chi connectivity index (χ1) is 8.18. The van der Waals surface area contributed by atoms with Crippen molar-refractivity contribution in [1.82, 2.24) is 0 Å². The Balaban J connectivity index is 2.25. The summed E-state index contributed by atoms with van der Waals surface area (Å²) in [7, 11) is 0. The van der Waals surface area contributed by atoms with E-state index < -0.39 is 0 Å². The van der Waals surface area contributed by atoms with Gasteiger partial charge in [-0.25, -0.2) is 0 Å². The van der Waals surface area contributed by atoms with Crippen LogP contribution < -0.4 is 5.73 Å². The monoisotopic (exact) mass is 223 g/mol. The number of hydrogen-bond acceptors (Lipinski definition) is 2. The average molecular weight is 223 g/mol. The quantitative estimate of drug-likeness (QED) is 0.509. The number of carbonyl (C=O) groups is 1. The van der Waals surface area contributed by atoms with Crippen molar-refractivity contribution in [3.63, 3.8) is 0 Å². The molecule has 0 bridgehead atoms. The summed E-state index contributed by atoms with van der Waals surface area (Å²) in [5.41, 5.74) is 12.2. The molecule has 0 saturated carbocycles. The molecule has 2 aromatic rings. The van der Waals surface area contributed by atoms with E-state index in [1.165, 1.54) is 16.7 Å². The molecule has 0 spiro atoms. The molecule has 0 aliphatic heterocycles. The molecule has 0 heterocycles. The van der Waals surface area contributed by atoms with Gasteiger partial charge in [-0.15, -0.1) is 0 Å². The van der Waals surface area contributed by atoms with Crippen molar-refractivity contribution >= 4 is 11.5 Å². The van der Waals surface area contributed by atoms with Crippen molar-refractivity contribution in [2.75, 3.05) is 5.73 Å². The molecule has 84 valence electrons. The van der Waals surface area contributed by atoms with Gasteiger partial charge in [0, 0.05) is 17.7 Å². The van der Waals surface area contributed by atoms with Crippen LogP contribution in [0.5, 0.6) is 0 Å². The molecule has 2 aromatic carbocycles. The number of anilines is 1. The minimum Gasteiger partial charge on any atom is -0.398 e. The summed E-state index contributed by atoms with van der Waals surface area (Å²) < 4.78 is 0. The molecule has 2 N–H and O–H groups in total. The second kappa shape index (κ2) is 3.45. The highest BCUT2D eigenvalue weighted by atomic mass is 16.1. The van der Waals surface area contributed by atoms with Crippen molar-refractivity contribution < 1.29 is 4.79 Å². The SMILES string of the molecule is CC(=O)c1ccc2c(c1N)Cc1ccccc1-2. The van der Waals surface area contributed by atoms with Crippen molar-refractivity contribution in [2.24, 2.45) is 0 Å². The largest absolute Gasteiger partial charge is 0.398 e. The maximum Gasteiger partial charge on any atom is 0.161 e. The van der Waals surface area contributed by atoms with Crippen LogP contribution in [0.15, 0.2) is 36.4 Å². The number of nitrogen functional groups attached to an aromatic ring is 1. The Kier molecular flexibility index (Phi) is 2.05. The first-order valence-corrected chi connectivity index (χ1v) is 5.69. The fourth-order valence-electron chi connectivity index (χ4n) is 2.54. The molecular formula is C15H13NO. The van der Waals surface area contributed by atoms with Gasteiger partial charge in [-0.3, -0.25) is 4.79 Å². The summed E-state index contributed by atoms with van der Waals surface area (Å²) in [6.45, 7) is 1.56. The van der Waals surface area contributed by atoms with Gasteiger partial charge in [0.2, 0.25) is 0 Å². The van der Waals surface area contributed by atoms with Crippen LogP contribution >= 0.6 is 0 Å². The Hall–Kier alpha value is -2.09. The van der Waals surface area contributed by atoms with E-state index in [2.05, 4.69) is 12.1 Å². The molecule has 3 rings (SSSR count). The van der Waals surface area contributed by atoms with Crippen molar-refractivity contribution in [1.29, 1.82) is 0 Å². The van der Waals surface area contributed by atoms with Crippen LogP contribution in [0, 0.1) is 0 Å². The number of carbonyl (C=O) groups excluding carboxylic acids is 1. The van der Waals surface area contributed by atoms with Gasteiger partial charge in [0.05, 0.1) is 0 Å². The van der Waals surface area contributed by atoms with Gasteiger partial charge in [0.25, 0.3) is 0 Å². The molecule has 0 atom stereocenters. The lowest BCUT2D eigenvalue weighted by Crippen LogP contribution is -2.03. The van der Waals surface area contributed by atoms with Gasteiger partial charge in [-0.05, 0) is 35.2 Å². The minimum atomic E-state index is 0.0289. The number of rotatable bonds is 1. The van der Waals surface area contributed by atoms with Crippen molar-refractivity contribution in [3.05, 3.63) is 53.1 Å². The molecule has 2 nitrogen and oxygen atoms in total. The molecule has 0 fully saturated rings. The van der Waals surface area contributed by atoms with Gasteiger partial charge in [-0.2, -0.15) is 0 Å². The predicted molar refractivity (Wildman–Crippen MR) is 69.1 cm³/mol. The minimum absolute atomic E-state index is 0.0289. The molecular weight excluding hydrogens is 210 g/mol. The van der Waals surface area contributed by atoms with Crippen molar-refractivity contribution in [2.45, 2.75) is 13.3 Å². The second-order valence-electron chi connectivity index (χ2n) is 4.44. The van der Waals surface area contributed by atoms with Crippen LogP contribution in [0.4, 0.5) is 5.69 Å². The van der Waals surface area contributed by atoms with E-state index >= 15 is 0 Å². The number of hydrogen-bond donors (Lipinski definition) is 1. The van der Waals surface area contributed by atoms with Gasteiger partial charge in [0.15, 0.2) is 5.78 Å². The zero-order valence-electron chi connectivity index (χ0n) is 9.66. The Morgan fingerprint density at radius 2 is 1.88 bits per heavy atom. The van der Waals surface area contributed by atoms with Gasteiger partial charge in [-0.1, -0.05) is 30.3 Å². The van der Waals surface area contributed by atoms with E-state index in [1.54, 1.807) is 6.92 Å². The van der Waals surface area contributed by atoms with E-state index in [4.69, 9.17) is 5.73 Å². The lowest BCUT2D eigenvalue weighted by molar-refractivity contribution is 0.101. The Morgan fingerprint density at radius 1 is 1.12 bits per heavy atom. The summed E-state index contributed by atoms with van der Waals surface area (Å²) in [5, 5.41) is 0. The van der Waals surface area contributed by atoms with Gasteiger partial charge in [0.1, 0.15) is 0 Å². The third kappa shape index (κ3) is 1.37.